The first-order valence-electron chi connectivity index (χ1n) is 5.46. The van der Waals surface area contributed by atoms with Gasteiger partial charge >= 0.3 is 0 Å². The molecule has 0 aliphatic carbocycles. The van der Waals surface area contributed by atoms with E-state index in [1.165, 1.54) is 0 Å². The molecular formula is C13H11N3O2. The highest BCUT2D eigenvalue weighted by molar-refractivity contribution is 5.77. The van der Waals surface area contributed by atoms with Crippen LogP contribution < -0.4 is 4.74 Å². The van der Waals surface area contributed by atoms with Gasteiger partial charge < -0.3 is 14.8 Å². The van der Waals surface area contributed by atoms with Crippen molar-refractivity contribution >= 4 is 11.2 Å². The Kier molecular flexibility index (Phi) is 2.37. The number of aromatic nitrogens is 3. The minimum atomic E-state index is 0.157. The van der Waals surface area contributed by atoms with E-state index in [0.29, 0.717) is 17.2 Å². The predicted octanol–water partition coefficient (Wildman–Crippen LogP) is 2.34. The van der Waals surface area contributed by atoms with Gasteiger partial charge in [-0.15, -0.1) is 0 Å². The topological polar surface area (TPSA) is 71.0 Å². The minimum Gasteiger partial charge on any atom is -0.508 e. The van der Waals surface area contributed by atoms with Gasteiger partial charge in [0.1, 0.15) is 17.3 Å². The predicted molar refractivity (Wildman–Crippen MR) is 67.5 cm³/mol. The van der Waals surface area contributed by atoms with Crippen LogP contribution in [0, 0.1) is 0 Å². The molecule has 2 N–H and O–H groups in total. The maximum absolute atomic E-state index is 9.43. The Morgan fingerprint density at radius 1 is 1.28 bits per heavy atom. The Hall–Kier alpha value is -2.56. The molecule has 0 bridgehead atoms. The average Bonchev–Trinajstić information content (AvgIpc) is 2.82. The third-order valence-corrected chi connectivity index (χ3v) is 2.70. The largest absolute Gasteiger partial charge is 0.508 e. The van der Waals surface area contributed by atoms with Gasteiger partial charge in [-0.3, -0.25) is 0 Å². The normalized spacial score (nSPS) is 10.7. The molecule has 0 radical (unpaired) electrons. The number of ether oxygens (including phenoxy) is 1. The van der Waals surface area contributed by atoms with E-state index in [0.717, 1.165) is 11.1 Å². The van der Waals surface area contributed by atoms with Crippen LogP contribution in [0.1, 0.15) is 0 Å². The summed E-state index contributed by atoms with van der Waals surface area (Å²) in [5, 5.41) is 9.43. The quantitative estimate of drug-likeness (QED) is 0.722. The van der Waals surface area contributed by atoms with Crippen LogP contribution in [0.3, 0.4) is 0 Å². The van der Waals surface area contributed by atoms with E-state index in [9.17, 15) is 5.11 Å². The molecule has 0 atom stereocenters. The zero-order chi connectivity index (χ0) is 12.5. The highest BCUT2D eigenvalue weighted by atomic mass is 16.5. The molecule has 0 fully saturated rings. The van der Waals surface area contributed by atoms with Gasteiger partial charge in [-0.25, -0.2) is 9.97 Å². The number of phenols is 1. The molecule has 5 nitrogen and oxygen atoms in total. The fourth-order valence-corrected chi connectivity index (χ4v) is 1.85. The third kappa shape index (κ3) is 1.66. The molecular weight excluding hydrogens is 230 g/mol. The first-order valence-corrected chi connectivity index (χ1v) is 5.46. The SMILES string of the molecule is COc1cc(O)ccc1-c1nc2ncccc2[nH]1. The van der Waals surface area contributed by atoms with E-state index in [1.54, 1.807) is 31.5 Å². The summed E-state index contributed by atoms with van der Waals surface area (Å²) in [4.78, 5) is 11.7. The highest BCUT2D eigenvalue weighted by Gasteiger charge is 2.11. The van der Waals surface area contributed by atoms with Gasteiger partial charge in [-0.2, -0.15) is 0 Å². The molecule has 18 heavy (non-hydrogen) atoms. The summed E-state index contributed by atoms with van der Waals surface area (Å²) < 4.78 is 5.24. The number of pyridine rings is 1. The summed E-state index contributed by atoms with van der Waals surface area (Å²) in [6.07, 6.45) is 1.70. The van der Waals surface area contributed by atoms with Crippen molar-refractivity contribution in [2.24, 2.45) is 0 Å². The zero-order valence-corrected chi connectivity index (χ0v) is 9.71. The number of fused-ring (bicyclic) bond motifs is 1. The number of methoxy groups -OCH3 is 1. The molecule has 0 saturated carbocycles. The Balaban J connectivity index is 2.19. The molecule has 2 aromatic heterocycles. The number of nitrogens with one attached hydrogen (secondary N) is 1. The molecule has 3 aromatic rings. The number of phenolic OH excluding ortho intramolecular Hbond substituents is 1. The van der Waals surface area contributed by atoms with Gasteiger partial charge in [0.25, 0.3) is 0 Å². The first kappa shape index (κ1) is 10.6. The van der Waals surface area contributed by atoms with Gasteiger partial charge in [0.2, 0.25) is 0 Å². The van der Waals surface area contributed by atoms with E-state index in [-0.39, 0.29) is 5.75 Å². The van der Waals surface area contributed by atoms with Crippen molar-refractivity contribution in [3.63, 3.8) is 0 Å². The number of H-pyrrole nitrogens is 1. The monoisotopic (exact) mass is 241 g/mol. The standard InChI is InChI=1S/C13H11N3O2/c1-18-11-7-8(17)4-5-9(11)12-15-10-3-2-6-14-13(10)16-12/h2-7,17H,1H3,(H,14,15,16). The zero-order valence-electron chi connectivity index (χ0n) is 9.71. The smallest absolute Gasteiger partial charge is 0.178 e. The Morgan fingerprint density at radius 3 is 2.94 bits per heavy atom. The van der Waals surface area contributed by atoms with Crippen LogP contribution in [0.4, 0.5) is 0 Å². The lowest BCUT2D eigenvalue weighted by molar-refractivity contribution is 0.409. The lowest BCUT2D eigenvalue weighted by atomic mass is 10.2. The van der Waals surface area contributed by atoms with E-state index in [2.05, 4.69) is 15.0 Å². The Labute approximate surface area is 103 Å². The van der Waals surface area contributed by atoms with E-state index < -0.39 is 0 Å². The second-order valence-corrected chi connectivity index (χ2v) is 3.84. The van der Waals surface area contributed by atoms with Crippen molar-refractivity contribution in [1.29, 1.82) is 0 Å². The van der Waals surface area contributed by atoms with Crippen LogP contribution in [-0.2, 0) is 0 Å². The Bertz CT molecular complexity index is 673. The minimum absolute atomic E-state index is 0.157. The van der Waals surface area contributed by atoms with Crippen molar-refractivity contribution in [2.75, 3.05) is 7.11 Å². The second kappa shape index (κ2) is 4.03. The molecule has 3 rings (SSSR count). The van der Waals surface area contributed by atoms with Crippen LogP contribution in [-0.4, -0.2) is 27.2 Å². The number of hydrogen-bond acceptors (Lipinski definition) is 4. The summed E-state index contributed by atoms with van der Waals surface area (Å²) in [5.74, 6) is 1.39. The summed E-state index contributed by atoms with van der Waals surface area (Å²) >= 11 is 0. The number of imidazole rings is 1. The molecule has 0 spiro atoms. The molecule has 2 heterocycles. The molecule has 0 amide bonds. The third-order valence-electron chi connectivity index (χ3n) is 2.70. The van der Waals surface area contributed by atoms with Crippen molar-refractivity contribution in [3.8, 4) is 22.9 Å². The van der Waals surface area contributed by atoms with Crippen LogP contribution >= 0.6 is 0 Å². The molecule has 1 aromatic carbocycles. The Morgan fingerprint density at radius 2 is 2.17 bits per heavy atom. The lowest BCUT2D eigenvalue weighted by Gasteiger charge is -2.05. The van der Waals surface area contributed by atoms with Crippen LogP contribution in [0.2, 0.25) is 0 Å². The van der Waals surface area contributed by atoms with Crippen LogP contribution in [0.15, 0.2) is 36.5 Å². The molecule has 0 aliphatic rings. The fourth-order valence-electron chi connectivity index (χ4n) is 1.85. The van der Waals surface area contributed by atoms with Gasteiger partial charge in [-0.05, 0) is 24.3 Å². The summed E-state index contributed by atoms with van der Waals surface area (Å²) in [7, 11) is 1.55. The molecule has 0 saturated heterocycles. The van der Waals surface area contributed by atoms with Crippen molar-refractivity contribution in [3.05, 3.63) is 36.5 Å². The summed E-state index contributed by atoms with van der Waals surface area (Å²) in [6, 6.07) is 8.66. The van der Waals surface area contributed by atoms with Gasteiger partial charge in [0, 0.05) is 12.3 Å². The lowest BCUT2D eigenvalue weighted by Crippen LogP contribution is -1.89. The van der Waals surface area contributed by atoms with Gasteiger partial charge in [-0.1, -0.05) is 0 Å². The number of aromatic hydroxyl groups is 1. The van der Waals surface area contributed by atoms with Crippen molar-refractivity contribution in [1.82, 2.24) is 15.0 Å². The number of nitrogens with zero attached hydrogens (tertiary/aromatic N) is 2. The number of benzene rings is 1. The summed E-state index contributed by atoms with van der Waals surface area (Å²) in [5.41, 5.74) is 2.30. The van der Waals surface area contributed by atoms with Crippen molar-refractivity contribution < 1.29 is 9.84 Å². The van der Waals surface area contributed by atoms with E-state index in [1.807, 2.05) is 12.1 Å². The second-order valence-electron chi connectivity index (χ2n) is 3.84. The van der Waals surface area contributed by atoms with E-state index in [4.69, 9.17) is 4.74 Å². The maximum Gasteiger partial charge on any atom is 0.178 e. The molecule has 0 aliphatic heterocycles. The van der Waals surface area contributed by atoms with Crippen LogP contribution in [0.5, 0.6) is 11.5 Å². The number of aromatic amines is 1. The first-order chi connectivity index (χ1) is 8.78. The molecule has 90 valence electrons. The number of hydrogen-bond donors (Lipinski definition) is 2. The van der Waals surface area contributed by atoms with Gasteiger partial charge in [0.15, 0.2) is 5.65 Å². The molecule has 0 unspecified atom stereocenters. The van der Waals surface area contributed by atoms with Crippen molar-refractivity contribution in [2.45, 2.75) is 0 Å². The van der Waals surface area contributed by atoms with Crippen LogP contribution in [0.25, 0.3) is 22.6 Å². The highest BCUT2D eigenvalue weighted by Crippen LogP contribution is 2.31. The average molecular weight is 241 g/mol. The number of rotatable bonds is 2. The van der Waals surface area contributed by atoms with E-state index >= 15 is 0 Å². The fraction of sp³-hybridized carbons (Fsp3) is 0.0769. The van der Waals surface area contributed by atoms with Gasteiger partial charge in [0.05, 0.1) is 18.2 Å². The maximum atomic E-state index is 9.43. The summed E-state index contributed by atoms with van der Waals surface area (Å²) in [6.45, 7) is 0. The molecule has 5 heteroatoms.